The topological polar surface area (TPSA) is 34.1 Å². The molecule has 4 heteroatoms. The van der Waals surface area contributed by atoms with Crippen LogP contribution < -0.4 is 10.1 Å². The van der Waals surface area contributed by atoms with Gasteiger partial charge in [-0.2, -0.15) is 0 Å². The Labute approximate surface area is 146 Å². The van der Waals surface area contributed by atoms with Crippen LogP contribution >= 0.6 is 0 Å². The van der Waals surface area contributed by atoms with E-state index in [1.54, 1.807) is 12.1 Å². The maximum atomic E-state index is 13.6. The third-order valence-electron chi connectivity index (χ3n) is 4.42. The molecule has 0 aliphatic carbocycles. The van der Waals surface area contributed by atoms with Crippen molar-refractivity contribution in [3.05, 3.63) is 83.3 Å². The van der Waals surface area contributed by atoms with Crippen LogP contribution in [0.4, 0.5) is 4.39 Å². The summed E-state index contributed by atoms with van der Waals surface area (Å²) >= 11 is 0. The van der Waals surface area contributed by atoms with Crippen LogP contribution in [0.15, 0.2) is 60.7 Å². The van der Waals surface area contributed by atoms with Crippen molar-refractivity contribution in [2.75, 3.05) is 6.54 Å². The minimum absolute atomic E-state index is 0.218. The van der Waals surface area contributed by atoms with Gasteiger partial charge in [0.1, 0.15) is 18.2 Å². The fraction of sp³-hybridized carbons (Fsp3) is 0.190. The lowest BCUT2D eigenvalue weighted by Gasteiger charge is -2.17. The maximum absolute atomic E-state index is 13.6. The lowest BCUT2D eigenvalue weighted by atomic mass is 10.0. The largest absolute Gasteiger partial charge is 0.489 e. The van der Waals surface area contributed by atoms with Gasteiger partial charge in [0.2, 0.25) is 0 Å². The Morgan fingerprint density at radius 2 is 1.84 bits per heavy atom. The predicted octanol–water partition coefficient (Wildman–Crippen LogP) is 4.11. The zero-order valence-electron chi connectivity index (χ0n) is 13.8. The van der Waals surface area contributed by atoms with Crippen molar-refractivity contribution in [3.63, 3.8) is 0 Å². The number of fused-ring (bicyclic) bond motifs is 1. The highest BCUT2D eigenvalue weighted by Crippen LogP contribution is 2.24. The molecule has 0 saturated heterocycles. The normalized spacial score (nSPS) is 13.3. The molecule has 0 unspecified atom stereocenters. The summed E-state index contributed by atoms with van der Waals surface area (Å²) in [5.74, 6) is 0.473. The van der Waals surface area contributed by atoms with Gasteiger partial charge in [-0.3, -0.25) is 4.98 Å². The standard InChI is InChI=1S/C21H19FN2O/c22-19-4-2-1-3-17(19)14-25-18-8-5-15(6-9-18)20-10-7-16-13-23-12-11-21(16)24-20/h1-10,23H,11-14H2. The lowest BCUT2D eigenvalue weighted by Crippen LogP contribution is -2.24. The number of pyridine rings is 1. The van der Waals surface area contributed by atoms with Crippen molar-refractivity contribution < 1.29 is 9.13 Å². The molecule has 2 heterocycles. The second-order valence-electron chi connectivity index (χ2n) is 6.13. The Morgan fingerprint density at radius 3 is 2.68 bits per heavy atom. The maximum Gasteiger partial charge on any atom is 0.129 e. The molecule has 0 amide bonds. The molecule has 2 aromatic carbocycles. The van der Waals surface area contributed by atoms with Gasteiger partial charge in [-0.25, -0.2) is 4.39 Å². The number of nitrogens with one attached hydrogen (secondary N) is 1. The van der Waals surface area contributed by atoms with Crippen molar-refractivity contribution in [3.8, 4) is 17.0 Å². The van der Waals surface area contributed by atoms with E-state index in [4.69, 9.17) is 9.72 Å². The molecule has 3 nitrogen and oxygen atoms in total. The van der Waals surface area contributed by atoms with Gasteiger partial charge in [0.25, 0.3) is 0 Å². The zero-order chi connectivity index (χ0) is 17.1. The summed E-state index contributed by atoms with van der Waals surface area (Å²) in [5, 5.41) is 3.36. The Morgan fingerprint density at radius 1 is 1.00 bits per heavy atom. The smallest absolute Gasteiger partial charge is 0.129 e. The van der Waals surface area contributed by atoms with E-state index in [1.807, 2.05) is 30.3 Å². The molecule has 3 aromatic rings. The fourth-order valence-electron chi connectivity index (χ4n) is 3.00. The molecule has 1 aromatic heterocycles. The summed E-state index contributed by atoms with van der Waals surface area (Å²) in [6.07, 6.45) is 0.965. The molecular formula is C21H19FN2O. The first-order valence-corrected chi connectivity index (χ1v) is 8.46. The molecule has 0 fully saturated rings. The Balaban J connectivity index is 1.47. The third-order valence-corrected chi connectivity index (χ3v) is 4.42. The number of hydrogen-bond donors (Lipinski definition) is 1. The first-order valence-electron chi connectivity index (χ1n) is 8.46. The van der Waals surface area contributed by atoms with Crippen molar-refractivity contribution in [1.29, 1.82) is 0 Å². The Hall–Kier alpha value is -2.72. The summed E-state index contributed by atoms with van der Waals surface area (Å²) in [6, 6.07) is 18.6. The highest BCUT2D eigenvalue weighted by atomic mass is 19.1. The van der Waals surface area contributed by atoms with Gasteiger partial charge in [-0.05, 0) is 42.0 Å². The van der Waals surface area contributed by atoms with Gasteiger partial charge < -0.3 is 10.1 Å². The van der Waals surface area contributed by atoms with E-state index >= 15 is 0 Å². The number of halogens is 1. The molecule has 0 spiro atoms. The predicted molar refractivity (Wildman–Crippen MR) is 95.8 cm³/mol. The van der Waals surface area contributed by atoms with E-state index in [0.29, 0.717) is 11.3 Å². The van der Waals surface area contributed by atoms with E-state index in [0.717, 1.165) is 30.8 Å². The van der Waals surface area contributed by atoms with E-state index in [2.05, 4.69) is 17.4 Å². The fourth-order valence-corrected chi connectivity index (χ4v) is 3.00. The van der Waals surface area contributed by atoms with Crippen molar-refractivity contribution in [1.82, 2.24) is 10.3 Å². The average molecular weight is 334 g/mol. The van der Waals surface area contributed by atoms with Crippen LogP contribution in [0.1, 0.15) is 16.8 Å². The molecule has 0 radical (unpaired) electrons. The molecular weight excluding hydrogens is 315 g/mol. The Bertz CT molecular complexity index is 877. The molecule has 1 N–H and O–H groups in total. The van der Waals surface area contributed by atoms with Gasteiger partial charge in [-0.15, -0.1) is 0 Å². The van der Waals surface area contributed by atoms with Gasteiger partial charge >= 0.3 is 0 Å². The monoisotopic (exact) mass is 334 g/mol. The number of ether oxygens (including phenoxy) is 1. The summed E-state index contributed by atoms with van der Waals surface area (Å²) in [7, 11) is 0. The van der Waals surface area contributed by atoms with Gasteiger partial charge in [-0.1, -0.05) is 24.3 Å². The van der Waals surface area contributed by atoms with E-state index in [1.165, 1.54) is 17.3 Å². The van der Waals surface area contributed by atoms with E-state index in [9.17, 15) is 4.39 Å². The van der Waals surface area contributed by atoms with Crippen LogP contribution in [0.5, 0.6) is 5.75 Å². The first kappa shape index (κ1) is 15.8. The second-order valence-corrected chi connectivity index (χ2v) is 6.13. The lowest BCUT2D eigenvalue weighted by molar-refractivity contribution is 0.300. The van der Waals surface area contributed by atoms with Gasteiger partial charge in [0, 0.05) is 36.3 Å². The van der Waals surface area contributed by atoms with Crippen molar-refractivity contribution >= 4 is 0 Å². The van der Waals surface area contributed by atoms with Crippen LogP contribution in [-0.4, -0.2) is 11.5 Å². The number of nitrogens with zero attached hydrogens (tertiary/aromatic N) is 1. The van der Waals surface area contributed by atoms with Crippen LogP contribution in [0.2, 0.25) is 0 Å². The minimum Gasteiger partial charge on any atom is -0.489 e. The number of benzene rings is 2. The molecule has 1 aliphatic heterocycles. The van der Waals surface area contributed by atoms with E-state index in [-0.39, 0.29) is 12.4 Å². The summed E-state index contributed by atoms with van der Waals surface area (Å²) in [4.78, 5) is 4.79. The summed E-state index contributed by atoms with van der Waals surface area (Å²) in [6.45, 7) is 2.09. The molecule has 0 bridgehead atoms. The molecule has 1 aliphatic rings. The number of aromatic nitrogens is 1. The molecule has 4 rings (SSSR count). The van der Waals surface area contributed by atoms with Gasteiger partial charge in [0.15, 0.2) is 0 Å². The molecule has 0 atom stereocenters. The van der Waals surface area contributed by atoms with Crippen LogP contribution in [0.3, 0.4) is 0 Å². The summed E-state index contributed by atoms with van der Waals surface area (Å²) < 4.78 is 19.3. The minimum atomic E-state index is -0.244. The quantitative estimate of drug-likeness (QED) is 0.779. The van der Waals surface area contributed by atoms with Crippen molar-refractivity contribution in [2.24, 2.45) is 0 Å². The van der Waals surface area contributed by atoms with Gasteiger partial charge in [0.05, 0.1) is 5.69 Å². The zero-order valence-corrected chi connectivity index (χ0v) is 13.8. The summed E-state index contributed by atoms with van der Waals surface area (Å²) in [5.41, 5.74) is 5.04. The highest BCUT2D eigenvalue weighted by molar-refractivity contribution is 5.60. The molecule has 126 valence electrons. The number of hydrogen-bond acceptors (Lipinski definition) is 3. The molecule has 0 saturated carbocycles. The second kappa shape index (κ2) is 7.03. The number of rotatable bonds is 4. The Kier molecular flexibility index (Phi) is 4.44. The highest BCUT2D eigenvalue weighted by Gasteiger charge is 2.11. The van der Waals surface area contributed by atoms with Crippen LogP contribution in [-0.2, 0) is 19.6 Å². The van der Waals surface area contributed by atoms with Crippen LogP contribution in [0, 0.1) is 5.82 Å². The SMILES string of the molecule is Fc1ccccc1COc1ccc(-c2ccc3c(n2)CCNC3)cc1. The first-order chi connectivity index (χ1) is 12.3. The third kappa shape index (κ3) is 3.54. The van der Waals surface area contributed by atoms with Crippen molar-refractivity contribution in [2.45, 2.75) is 19.6 Å². The van der Waals surface area contributed by atoms with Crippen LogP contribution in [0.25, 0.3) is 11.3 Å². The molecule has 25 heavy (non-hydrogen) atoms. The van der Waals surface area contributed by atoms with E-state index < -0.39 is 0 Å². The average Bonchev–Trinajstić information content (AvgIpc) is 2.67.